The van der Waals surface area contributed by atoms with E-state index in [-0.39, 0.29) is 30.1 Å². The molecule has 34 heavy (non-hydrogen) atoms. The average molecular weight is 483 g/mol. The largest absolute Gasteiger partial charge is 0.454 e. The Balaban J connectivity index is 1.71. The summed E-state index contributed by atoms with van der Waals surface area (Å²) in [6.45, 7) is 0.572. The second-order valence-electron chi connectivity index (χ2n) is 8.46. The smallest absolute Gasteiger partial charge is 0.257 e. The van der Waals surface area contributed by atoms with Crippen molar-refractivity contribution in [3.05, 3.63) is 50.8 Å². The van der Waals surface area contributed by atoms with Gasteiger partial charge in [-0.2, -0.15) is 11.8 Å². The van der Waals surface area contributed by atoms with E-state index in [0.29, 0.717) is 35.7 Å². The summed E-state index contributed by atoms with van der Waals surface area (Å²) in [6, 6.07) is 5.56. The molecule has 0 radical (unpaired) electrons. The van der Waals surface area contributed by atoms with E-state index >= 15 is 0 Å². The summed E-state index contributed by atoms with van der Waals surface area (Å²) in [7, 11) is 1.48. The lowest BCUT2D eigenvalue weighted by Gasteiger charge is -2.14. The summed E-state index contributed by atoms with van der Waals surface area (Å²) in [5.41, 5.74) is 4.47. The highest BCUT2D eigenvalue weighted by Crippen LogP contribution is 2.42. The summed E-state index contributed by atoms with van der Waals surface area (Å²) in [4.78, 5) is 29.7. The number of ether oxygens (including phenoxy) is 3. The molecule has 178 valence electrons. The molecular formula is C25H26N2O6S. The van der Waals surface area contributed by atoms with Gasteiger partial charge in [0.2, 0.25) is 6.79 Å². The van der Waals surface area contributed by atoms with Crippen LogP contribution in [0.15, 0.2) is 23.0 Å². The molecule has 2 aromatic heterocycles. The van der Waals surface area contributed by atoms with Gasteiger partial charge < -0.3 is 28.7 Å². The lowest BCUT2D eigenvalue weighted by Crippen LogP contribution is -2.26. The van der Waals surface area contributed by atoms with Crippen LogP contribution in [0.5, 0.6) is 11.5 Å². The Bertz CT molecular complexity index is 1340. The molecule has 1 atom stereocenters. The van der Waals surface area contributed by atoms with Gasteiger partial charge in [0.05, 0.1) is 30.1 Å². The molecule has 0 saturated heterocycles. The number of hydrogen-bond donors (Lipinski definition) is 1. The van der Waals surface area contributed by atoms with Crippen LogP contribution in [0.1, 0.15) is 41.2 Å². The maximum atomic E-state index is 13.4. The molecule has 3 aromatic rings. The van der Waals surface area contributed by atoms with E-state index in [4.69, 9.17) is 19.2 Å². The van der Waals surface area contributed by atoms with E-state index in [1.807, 2.05) is 23.9 Å². The number of thioether (sulfide) groups is 1. The van der Waals surface area contributed by atoms with Gasteiger partial charge in [-0.1, -0.05) is 0 Å². The summed E-state index contributed by atoms with van der Waals surface area (Å²) < 4.78 is 18.1. The van der Waals surface area contributed by atoms with Crippen molar-refractivity contribution in [2.24, 2.45) is 0 Å². The van der Waals surface area contributed by atoms with Gasteiger partial charge in [0.15, 0.2) is 17.8 Å². The van der Waals surface area contributed by atoms with Crippen LogP contribution < -0.4 is 15.0 Å². The molecule has 0 aliphatic carbocycles. The van der Waals surface area contributed by atoms with Crippen molar-refractivity contribution < 1.29 is 24.1 Å². The third-order valence-corrected chi connectivity index (χ3v) is 7.15. The molecule has 9 heteroatoms. The van der Waals surface area contributed by atoms with Crippen LogP contribution in [-0.2, 0) is 29.1 Å². The summed E-state index contributed by atoms with van der Waals surface area (Å²) in [6.07, 6.45) is 4.06. The Morgan fingerprint density at radius 1 is 1.24 bits per heavy atom. The number of methoxy groups -OCH3 is 1. The van der Waals surface area contributed by atoms with Crippen LogP contribution >= 0.6 is 11.8 Å². The normalized spacial score (nSPS) is 14.3. The first kappa shape index (κ1) is 22.9. The van der Waals surface area contributed by atoms with Crippen LogP contribution in [0.4, 0.5) is 0 Å². The number of aryl methyl sites for hydroxylation is 1. The second kappa shape index (κ2) is 9.40. The molecule has 0 fully saturated rings. The maximum Gasteiger partial charge on any atom is 0.257 e. The zero-order chi connectivity index (χ0) is 23.8. The molecule has 1 N–H and O–H groups in total. The van der Waals surface area contributed by atoms with Crippen LogP contribution in [0, 0.1) is 0 Å². The van der Waals surface area contributed by atoms with Gasteiger partial charge in [-0.15, -0.1) is 0 Å². The number of aliphatic hydroxyl groups excluding tert-OH is 1. The number of carbonyl (C=O) groups is 1. The molecular weight excluding hydrogens is 456 g/mol. The minimum Gasteiger partial charge on any atom is -0.454 e. The van der Waals surface area contributed by atoms with Crippen molar-refractivity contribution >= 4 is 29.0 Å². The van der Waals surface area contributed by atoms with E-state index < -0.39 is 6.10 Å². The van der Waals surface area contributed by atoms with Gasteiger partial charge >= 0.3 is 0 Å². The molecule has 0 spiro atoms. The number of hydrogen-bond acceptors (Lipinski definition) is 8. The lowest BCUT2D eigenvalue weighted by molar-refractivity contribution is -0.115. The van der Waals surface area contributed by atoms with Crippen molar-refractivity contribution in [1.82, 2.24) is 9.55 Å². The van der Waals surface area contributed by atoms with Gasteiger partial charge in [-0.3, -0.25) is 4.79 Å². The second-order valence-corrected chi connectivity index (χ2v) is 9.44. The number of benzene rings is 1. The number of aromatic nitrogens is 2. The van der Waals surface area contributed by atoms with E-state index in [9.17, 15) is 14.7 Å². The van der Waals surface area contributed by atoms with Gasteiger partial charge in [0, 0.05) is 35.3 Å². The van der Waals surface area contributed by atoms with Gasteiger partial charge in [0.25, 0.3) is 5.56 Å². The number of fused-ring (bicyclic) bond motifs is 5. The number of pyridine rings is 2. The maximum absolute atomic E-state index is 13.4. The van der Waals surface area contributed by atoms with Crippen molar-refractivity contribution in [2.75, 3.05) is 25.9 Å². The predicted molar refractivity (Wildman–Crippen MR) is 130 cm³/mol. The molecule has 4 heterocycles. The summed E-state index contributed by atoms with van der Waals surface area (Å²) in [5.74, 6) is 2.44. The molecule has 2 aliphatic heterocycles. The monoisotopic (exact) mass is 482 g/mol. The Morgan fingerprint density at radius 3 is 2.76 bits per heavy atom. The van der Waals surface area contributed by atoms with E-state index in [1.54, 1.807) is 10.6 Å². The molecule has 2 aliphatic rings. The Kier molecular flexibility index (Phi) is 6.33. The number of unbranched alkanes of at least 4 members (excludes halogenated alkanes) is 1. The molecule has 0 amide bonds. The number of aldehydes is 1. The molecule has 0 bridgehead atoms. The van der Waals surface area contributed by atoms with Crippen molar-refractivity contribution in [3.63, 3.8) is 0 Å². The van der Waals surface area contributed by atoms with E-state index in [1.165, 1.54) is 7.11 Å². The highest BCUT2D eigenvalue weighted by atomic mass is 32.2. The fourth-order valence-corrected chi connectivity index (χ4v) is 5.31. The van der Waals surface area contributed by atoms with Crippen LogP contribution in [-0.4, -0.2) is 46.9 Å². The number of rotatable bonds is 9. The predicted octanol–water partition coefficient (Wildman–Crippen LogP) is 3.22. The summed E-state index contributed by atoms with van der Waals surface area (Å²) in [5, 5.41) is 11.3. The van der Waals surface area contributed by atoms with Crippen LogP contribution in [0.2, 0.25) is 0 Å². The molecule has 1 aromatic carbocycles. The van der Waals surface area contributed by atoms with Gasteiger partial charge in [0.1, 0.15) is 6.10 Å². The first-order valence-corrected chi connectivity index (χ1v) is 12.6. The fraction of sp³-hybridized carbons (Fsp3) is 0.400. The first-order chi connectivity index (χ1) is 16.6. The number of aliphatic hydroxyl groups is 1. The minimum atomic E-state index is -1.41. The molecule has 5 rings (SSSR count). The van der Waals surface area contributed by atoms with Gasteiger partial charge in [-0.25, -0.2) is 4.98 Å². The topological polar surface area (TPSA) is 99.9 Å². The summed E-state index contributed by atoms with van der Waals surface area (Å²) >= 11 is 1.83. The van der Waals surface area contributed by atoms with Crippen molar-refractivity contribution in [2.45, 2.75) is 38.5 Å². The molecule has 1 unspecified atom stereocenters. The molecule has 8 nitrogen and oxygen atoms in total. The Labute approximate surface area is 200 Å². The molecule has 0 saturated carbocycles. The van der Waals surface area contributed by atoms with Crippen molar-refractivity contribution in [1.29, 1.82) is 0 Å². The third kappa shape index (κ3) is 3.77. The quantitative estimate of drug-likeness (QED) is 0.287. The Morgan fingerprint density at radius 2 is 2.03 bits per heavy atom. The standard InChI is InChI=1S/C25H26N2O6S/c1-31-12-18-16(21(29)11-28)7-20-24-17(10-27(20)25(18)30)14(5-3-4-6-34-2)15-8-22-23(33-13-32-22)9-19(15)26-24/h7-9,11,21,29H,3-6,10,12-13H2,1-2H3. The van der Waals surface area contributed by atoms with Crippen LogP contribution in [0.3, 0.4) is 0 Å². The lowest BCUT2D eigenvalue weighted by atomic mass is 9.95. The zero-order valence-corrected chi connectivity index (χ0v) is 19.9. The zero-order valence-electron chi connectivity index (χ0n) is 19.1. The average Bonchev–Trinajstić information content (AvgIpc) is 3.45. The number of nitrogens with zero attached hydrogens (tertiary/aromatic N) is 2. The highest BCUT2D eigenvalue weighted by Gasteiger charge is 2.30. The van der Waals surface area contributed by atoms with Crippen molar-refractivity contribution in [3.8, 4) is 22.9 Å². The first-order valence-electron chi connectivity index (χ1n) is 11.2. The highest BCUT2D eigenvalue weighted by molar-refractivity contribution is 7.98. The van der Waals surface area contributed by atoms with Gasteiger partial charge in [-0.05, 0) is 49.0 Å². The van der Waals surface area contributed by atoms with E-state index in [0.717, 1.165) is 47.0 Å². The van der Waals surface area contributed by atoms with E-state index in [2.05, 4.69) is 6.26 Å². The Hall–Kier alpha value is -2.88. The minimum absolute atomic E-state index is 0.00797. The van der Waals surface area contributed by atoms with Crippen LogP contribution in [0.25, 0.3) is 22.3 Å². The fourth-order valence-electron chi connectivity index (χ4n) is 4.82. The third-order valence-electron chi connectivity index (χ3n) is 6.45. The number of carbonyl (C=O) groups excluding carboxylic acids is 1. The SMILES string of the molecule is COCc1c(C(O)C=O)cc2n(c1=O)Cc1c-2nc2cc3c(cc2c1CCCCSC)OCO3.